The lowest BCUT2D eigenvalue weighted by Gasteiger charge is -2.02. The van der Waals surface area contributed by atoms with Crippen molar-refractivity contribution in [1.82, 2.24) is 0 Å². The van der Waals surface area contributed by atoms with Crippen LogP contribution in [-0.2, 0) is 0 Å². The fourth-order valence-electron chi connectivity index (χ4n) is 0.948. The predicted octanol–water partition coefficient (Wildman–Crippen LogP) is 3.28. The van der Waals surface area contributed by atoms with Gasteiger partial charge in [0.1, 0.15) is 0 Å². The van der Waals surface area contributed by atoms with E-state index in [0.717, 1.165) is 4.90 Å². The number of nitro groups is 1. The average Bonchev–Trinajstić information content (AvgIpc) is 2.09. The molecule has 0 aliphatic carbocycles. The summed E-state index contributed by atoms with van der Waals surface area (Å²) in [6, 6.07) is 3.26. The first-order valence-corrected chi connectivity index (χ1v) is 5.15. The third kappa shape index (κ3) is 2.14. The van der Waals surface area contributed by atoms with E-state index >= 15 is 0 Å². The number of rotatable bonds is 2. The van der Waals surface area contributed by atoms with Crippen LogP contribution in [0.4, 0.5) is 5.69 Å². The molecule has 0 saturated heterocycles. The molecule has 0 aliphatic heterocycles. The van der Waals surface area contributed by atoms with Crippen LogP contribution in [0.5, 0.6) is 0 Å². The Bertz CT molecular complexity index is 354. The second-order valence-corrected chi connectivity index (χ2v) is 3.80. The second-order valence-electron chi connectivity index (χ2n) is 2.51. The molecule has 0 saturated carbocycles. The van der Waals surface area contributed by atoms with Gasteiger partial charge in [0.2, 0.25) is 0 Å². The number of thioether (sulfide) groups is 1. The highest BCUT2D eigenvalue weighted by Gasteiger charge is 2.14. The van der Waals surface area contributed by atoms with Crippen molar-refractivity contribution in [2.24, 2.45) is 0 Å². The van der Waals surface area contributed by atoms with Crippen LogP contribution in [0.1, 0.15) is 5.56 Å². The summed E-state index contributed by atoms with van der Waals surface area (Å²) in [6.07, 6.45) is 1.85. The van der Waals surface area contributed by atoms with E-state index in [0.29, 0.717) is 10.6 Å². The Hall–Kier alpha value is -0.740. The summed E-state index contributed by atoms with van der Waals surface area (Å²) >= 11 is 7.26. The Balaban J connectivity index is 3.33. The van der Waals surface area contributed by atoms with Crippen LogP contribution in [0, 0.1) is 17.0 Å². The van der Waals surface area contributed by atoms with Gasteiger partial charge in [0.15, 0.2) is 0 Å². The van der Waals surface area contributed by atoms with Crippen LogP contribution in [0.15, 0.2) is 17.0 Å². The van der Waals surface area contributed by atoms with E-state index < -0.39 is 4.92 Å². The van der Waals surface area contributed by atoms with E-state index in [1.54, 1.807) is 13.0 Å². The van der Waals surface area contributed by atoms with Crippen molar-refractivity contribution < 1.29 is 4.92 Å². The largest absolute Gasteiger partial charge is 0.274 e. The van der Waals surface area contributed by atoms with Gasteiger partial charge in [-0.2, -0.15) is 0 Å². The Morgan fingerprint density at radius 2 is 2.15 bits per heavy atom. The molecule has 1 aromatic carbocycles. The van der Waals surface area contributed by atoms with Crippen LogP contribution in [0.3, 0.4) is 0 Å². The Morgan fingerprint density at radius 3 is 2.62 bits per heavy atom. The van der Waals surface area contributed by atoms with Gasteiger partial charge in [0.25, 0.3) is 5.69 Å². The van der Waals surface area contributed by atoms with Crippen molar-refractivity contribution in [3.05, 3.63) is 32.8 Å². The zero-order chi connectivity index (χ0) is 10.0. The van der Waals surface area contributed by atoms with Gasteiger partial charge in [-0.05, 0) is 19.2 Å². The lowest BCUT2D eigenvalue weighted by atomic mass is 10.2. The maximum absolute atomic E-state index is 10.6. The van der Waals surface area contributed by atoms with Crippen LogP contribution in [-0.4, -0.2) is 11.2 Å². The Kier molecular flexibility index (Phi) is 3.17. The fraction of sp³-hybridized carbons (Fsp3) is 0.250. The van der Waals surface area contributed by atoms with Gasteiger partial charge >= 0.3 is 0 Å². The van der Waals surface area contributed by atoms with Crippen molar-refractivity contribution in [2.75, 3.05) is 6.26 Å². The standard InChI is InChI=1S/C8H8ClNO2S/c1-5-7(9)3-6(13-2)4-8(5)10(11)12/h3-4H,1-2H3. The summed E-state index contributed by atoms with van der Waals surface area (Å²) in [5.74, 6) is 0. The number of halogens is 1. The molecule has 0 N–H and O–H groups in total. The molecular formula is C8H8ClNO2S. The van der Waals surface area contributed by atoms with Crippen molar-refractivity contribution in [2.45, 2.75) is 11.8 Å². The molecule has 0 amide bonds. The molecule has 5 heteroatoms. The lowest BCUT2D eigenvalue weighted by Crippen LogP contribution is -1.92. The maximum Gasteiger partial charge on any atom is 0.274 e. The number of hydrogen-bond acceptors (Lipinski definition) is 3. The second kappa shape index (κ2) is 3.98. The highest BCUT2D eigenvalue weighted by atomic mass is 35.5. The van der Waals surface area contributed by atoms with E-state index in [-0.39, 0.29) is 5.69 Å². The van der Waals surface area contributed by atoms with E-state index in [9.17, 15) is 10.1 Å². The first kappa shape index (κ1) is 10.3. The van der Waals surface area contributed by atoms with Crippen molar-refractivity contribution >= 4 is 29.1 Å². The van der Waals surface area contributed by atoms with Crippen molar-refractivity contribution in [3.8, 4) is 0 Å². The molecule has 13 heavy (non-hydrogen) atoms. The third-order valence-corrected chi connectivity index (χ3v) is 2.82. The van der Waals surface area contributed by atoms with E-state index in [1.165, 1.54) is 17.8 Å². The van der Waals surface area contributed by atoms with Crippen LogP contribution in [0.2, 0.25) is 5.02 Å². The fourth-order valence-corrected chi connectivity index (χ4v) is 1.69. The number of benzene rings is 1. The predicted molar refractivity (Wildman–Crippen MR) is 54.6 cm³/mol. The summed E-state index contributed by atoms with van der Waals surface area (Å²) in [7, 11) is 0. The average molecular weight is 218 g/mol. The molecule has 3 nitrogen and oxygen atoms in total. The van der Waals surface area contributed by atoms with Gasteiger partial charge in [-0.1, -0.05) is 11.6 Å². The molecule has 0 unspecified atom stereocenters. The maximum atomic E-state index is 10.6. The number of hydrogen-bond donors (Lipinski definition) is 0. The molecule has 0 aromatic heterocycles. The minimum absolute atomic E-state index is 0.0804. The highest BCUT2D eigenvalue weighted by Crippen LogP contribution is 2.30. The lowest BCUT2D eigenvalue weighted by molar-refractivity contribution is -0.385. The topological polar surface area (TPSA) is 43.1 Å². The Morgan fingerprint density at radius 1 is 1.54 bits per heavy atom. The summed E-state index contributed by atoms with van der Waals surface area (Å²) in [5.41, 5.74) is 0.598. The zero-order valence-electron chi connectivity index (χ0n) is 7.20. The van der Waals surface area contributed by atoms with Crippen molar-refractivity contribution in [3.63, 3.8) is 0 Å². The molecule has 0 spiro atoms. The van der Waals surface area contributed by atoms with Gasteiger partial charge in [-0.3, -0.25) is 10.1 Å². The van der Waals surface area contributed by atoms with Gasteiger partial charge in [-0.25, -0.2) is 0 Å². The van der Waals surface area contributed by atoms with E-state index in [1.807, 2.05) is 6.26 Å². The molecule has 0 aliphatic rings. The highest BCUT2D eigenvalue weighted by molar-refractivity contribution is 7.98. The third-order valence-electron chi connectivity index (χ3n) is 1.72. The SMILES string of the molecule is CSc1cc(Cl)c(C)c([N+](=O)[O-])c1. The quantitative estimate of drug-likeness (QED) is 0.434. The van der Waals surface area contributed by atoms with Gasteiger partial charge < -0.3 is 0 Å². The van der Waals surface area contributed by atoms with Crippen LogP contribution >= 0.6 is 23.4 Å². The molecule has 0 heterocycles. The summed E-state index contributed by atoms with van der Waals surface area (Å²) < 4.78 is 0. The molecule has 70 valence electrons. The van der Waals surface area contributed by atoms with Crippen LogP contribution < -0.4 is 0 Å². The van der Waals surface area contributed by atoms with Gasteiger partial charge in [0, 0.05) is 16.5 Å². The number of nitro benzene ring substituents is 1. The van der Waals surface area contributed by atoms with Gasteiger partial charge in [-0.15, -0.1) is 11.8 Å². The molecule has 0 fully saturated rings. The minimum atomic E-state index is -0.416. The summed E-state index contributed by atoms with van der Waals surface area (Å²) in [6.45, 7) is 1.64. The first-order chi connectivity index (χ1) is 6.06. The molecule has 0 atom stereocenters. The molecule has 0 bridgehead atoms. The normalized spacial score (nSPS) is 10.1. The van der Waals surface area contributed by atoms with Crippen LogP contribution in [0.25, 0.3) is 0 Å². The molecular weight excluding hydrogens is 210 g/mol. The minimum Gasteiger partial charge on any atom is -0.258 e. The zero-order valence-corrected chi connectivity index (χ0v) is 8.78. The smallest absolute Gasteiger partial charge is 0.258 e. The first-order valence-electron chi connectivity index (χ1n) is 3.54. The molecule has 0 radical (unpaired) electrons. The number of nitrogens with zero attached hydrogens (tertiary/aromatic N) is 1. The van der Waals surface area contributed by atoms with E-state index in [2.05, 4.69) is 0 Å². The van der Waals surface area contributed by atoms with E-state index in [4.69, 9.17) is 11.6 Å². The Labute approximate surface area is 85.2 Å². The van der Waals surface area contributed by atoms with Crippen molar-refractivity contribution in [1.29, 1.82) is 0 Å². The molecule has 1 aromatic rings. The monoisotopic (exact) mass is 217 g/mol. The van der Waals surface area contributed by atoms with Gasteiger partial charge in [0.05, 0.1) is 9.95 Å². The summed E-state index contributed by atoms with van der Waals surface area (Å²) in [5, 5.41) is 11.0. The molecule has 1 rings (SSSR count). The summed E-state index contributed by atoms with van der Waals surface area (Å²) in [4.78, 5) is 11.0.